The third-order valence-corrected chi connectivity index (χ3v) is 7.19. The molecule has 0 aliphatic heterocycles. The highest BCUT2D eigenvalue weighted by Crippen LogP contribution is 2.23. The van der Waals surface area contributed by atoms with Crippen LogP contribution in [0.1, 0.15) is 162 Å². The van der Waals surface area contributed by atoms with Gasteiger partial charge in [0.05, 0.1) is 0 Å². The molecular formula is C28H57N. The van der Waals surface area contributed by atoms with Crippen molar-refractivity contribution in [2.45, 2.75) is 168 Å². The van der Waals surface area contributed by atoms with Crippen LogP contribution in [0.3, 0.4) is 0 Å². The summed E-state index contributed by atoms with van der Waals surface area (Å²) in [5.74, 6) is 0. The molecule has 1 aliphatic carbocycles. The van der Waals surface area contributed by atoms with Crippen molar-refractivity contribution in [3.05, 3.63) is 0 Å². The zero-order valence-electron chi connectivity index (χ0n) is 20.7. The first-order valence-corrected chi connectivity index (χ1v) is 14.1. The van der Waals surface area contributed by atoms with Gasteiger partial charge in [-0.15, -0.1) is 0 Å². The van der Waals surface area contributed by atoms with Crippen LogP contribution in [0.2, 0.25) is 0 Å². The number of nitrogens with zero attached hydrogens (tertiary/aromatic N) is 1. The van der Waals surface area contributed by atoms with Crippen LogP contribution < -0.4 is 0 Å². The van der Waals surface area contributed by atoms with Gasteiger partial charge in [-0.25, -0.2) is 0 Å². The van der Waals surface area contributed by atoms with Crippen LogP contribution in [0.15, 0.2) is 0 Å². The van der Waals surface area contributed by atoms with Gasteiger partial charge in [0.25, 0.3) is 0 Å². The Balaban J connectivity index is 1.85. The molecular weight excluding hydrogens is 350 g/mol. The van der Waals surface area contributed by atoms with Crippen LogP contribution in [-0.2, 0) is 0 Å². The number of hydrogen-bond acceptors (Lipinski definition) is 1. The second-order valence-electron chi connectivity index (χ2n) is 9.98. The zero-order chi connectivity index (χ0) is 20.8. The molecule has 0 saturated heterocycles. The van der Waals surface area contributed by atoms with Gasteiger partial charge in [-0.2, -0.15) is 0 Å². The van der Waals surface area contributed by atoms with E-state index < -0.39 is 0 Å². The minimum absolute atomic E-state index is 0.923. The highest BCUT2D eigenvalue weighted by molar-refractivity contribution is 4.75. The second-order valence-corrected chi connectivity index (χ2v) is 9.98. The molecule has 29 heavy (non-hydrogen) atoms. The van der Waals surface area contributed by atoms with Crippen molar-refractivity contribution in [3.8, 4) is 0 Å². The molecule has 0 heterocycles. The van der Waals surface area contributed by atoms with Crippen LogP contribution in [0.5, 0.6) is 0 Å². The van der Waals surface area contributed by atoms with E-state index in [4.69, 9.17) is 0 Å². The van der Waals surface area contributed by atoms with E-state index in [9.17, 15) is 0 Å². The summed E-state index contributed by atoms with van der Waals surface area (Å²) in [6.07, 6.45) is 33.7. The first-order valence-electron chi connectivity index (χ1n) is 14.1. The number of hydrogen-bond donors (Lipinski definition) is 0. The Morgan fingerprint density at radius 2 is 0.828 bits per heavy atom. The van der Waals surface area contributed by atoms with E-state index >= 15 is 0 Å². The predicted molar refractivity (Wildman–Crippen MR) is 133 cm³/mol. The van der Waals surface area contributed by atoms with Crippen molar-refractivity contribution >= 4 is 0 Å². The van der Waals surface area contributed by atoms with Crippen molar-refractivity contribution in [2.24, 2.45) is 0 Å². The monoisotopic (exact) mass is 407 g/mol. The molecule has 0 aromatic carbocycles. The molecule has 1 aliphatic rings. The molecule has 0 N–H and O–H groups in total. The number of rotatable bonds is 21. The van der Waals surface area contributed by atoms with Gasteiger partial charge < -0.3 is 4.90 Å². The quantitative estimate of drug-likeness (QED) is 0.171. The van der Waals surface area contributed by atoms with E-state index in [0.29, 0.717) is 0 Å². The van der Waals surface area contributed by atoms with E-state index in [1.54, 1.807) is 0 Å². The Hall–Kier alpha value is -0.0400. The first kappa shape index (κ1) is 27.0. The average Bonchev–Trinajstić information content (AvgIpc) is 2.76. The molecule has 1 nitrogen and oxygen atoms in total. The van der Waals surface area contributed by atoms with Crippen molar-refractivity contribution in [2.75, 3.05) is 13.1 Å². The van der Waals surface area contributed by atoms with Gasteiger partial charge in [0, 0.05) is 6.04 Å². The summed E-state index contributed by atoms with van der Waals surface area (Å²) in [5.41, 5.74) is 0. The Morgan fingerprint density at radius 1 is 0.448 bits per heavy atom. The number of unbranched alkanes of at least 4 members (excludes halogenated alkanes) is 16. The minimum Gasteiger partial charge on any atom is -0.300 e. The third-order valence-electron chi connectivity index (χ3n) is 7.19. The van der Waals surface area contributed by atoms with Crippen molar-refractivity contribution in [1.29, 1.82) is 0 Å². The van der Waals surface area contributed by atoms with E-state index in [-0.39, 0.29) is 0 Å². The minimum atomic E-state index is 0.923. The van der Waals surface area contributed by atoms with Gasteiger partial charge in [-0.1, -0.05) is 136 Å². The van der Waals surface area contributed by atoms with Gasteiger partial charge in [0.15, 0.2) is 0 Å². The molecule has 0 atom stereocenters. The van der Waals surface area contributed by atoms with E-state index in [2.05, 4.69) is 18.7 Å². The van der Waals surface area contributed by atoms with Crippen LogP contribution in [0, 0.1) is 0 Å². The van der Waals surface area contributed by atoms with Crippen LogP contribution in [0.4, 0.5) is 0 Å². The van der Waals surface area contributed by atoms with Crippen molar-refractivity contribution in [3.63, 3.8) is 0 Å². The molecule has 1 rings (SSSR count). The van der Waals surface area contributed by atoms with Gasteiger partial charge in [0.2, 0.25) is 0 Å². The molecule has 0 aromatic heterocycles. The molecule has 174 valence electrons. The maximum Gasteiger partial charge on any atom is 0.00952 e. The van der Waals surface area contributed by atoms with Crippen LogP contribution >= 0.6 is 0 Å². The Bertz CT molecular complexity index is 307. The summed E-state index contributed by atoms with van der Waals surface area (Å²) < 4.78 is 0. The SMILES string of the molecule is CCCCCCCCCCCCCCCCCCN(CCCC)C1CCCCC1. The van der Waals surface area contributed by atoms with E-state index in [1.807, 2.05) is 0 Å². The Labute approximate surface area is 185 Å². The topological polar surface area (TPSA) is 3.24 Å². The standard InChI is InChI=1S/C28H57N/c1-3-5-7-8-9-10-11-12-13-14-15-16-17-18-19-23-27-29(26-6-4-2)28-24-21-20-22-25-28/h28H,3-27H2,1-2H3. The molecule has 0 radical (unpaired) electrons. The lowest BCUT2D eigenvalue weighted by Crippen LogP contribution is -2.38. The lowest BCUT2D eigenvalue weighted by atomic mass is 9.93. The van der Waals surface area contributed by atoms with Crippen LogP contribution in [0.25, 0.3) is 0 Å². The van der Waals surface area contributed by atoms with Gasteiger partial charge in [-0.05, 0) is 38.8 Å². The summed E-state index contributed by atoms with van der Waals surface area (Å²) in [7, 11) is 0. The fraction of sp³-hybridized carbons (Fsp3) is 1.00. The Kier molecular flexibility index (Phi) is 19.7. The highest BCUT2D eigenvalue weighted by Gasteiger charge is 2.19. The van der Waals surface area contributed by atoms with E-state index in [1.165, 1.54) is 161 Å². The molecule has 0 bridgehead atoms. The molecule has 1 heteroatoms. The summed E-state index contributed by atoms with van der Waals surface area (Å²) in [6.45, 7) is 7.39. The highest BCUT2D eigenvalue weighted by atomic mass is 15.1. The van der Waals surface area contributed by atoms with Gasteiger partial charge in [-0.3, -0.25) is 0 Å². The van der Waals surface area contributed by atoms with Crippen LogP contribution in [-0.4, -0.2) is 24.0 Å². The fourth-order valence-electron chi connectivity index (χ4n) is 5.15. The zero-order valence-corrected chi connectivity index (χ0v) is 20.7. The van der Waals surface area contributed by atoms with Crippen molar-refractivity contribution in [1.82, 2.24) is 4.90 Å². The van der Waals surface area contributed by atoms with E-state index in [0.717, 1.165) is 6.04 Å². The first-order chi connectivity index (χ1) is 14.4. The van der Waals surface area contributed by atoms with Gasteiger partial charge >= 0.3 is 0 Å². The normalized spacial score (nSPS) is 15.4. The van der Waals surface area contributed by atoms with Gasteiger partial charge in [0.1, 0.15) is 0 Å². The summed E-state index contributed by atoms with van der Waals surface area (Å²) in [5, 5.41) is 0. The average molecular weight is 408 g/mol. The van der Waals surface area contributed by atoms with Crippen molar-refractivity contribution < 1.29 is 0 Å². The smallest absolute Gasteiger partial charge is 0.00952 e. The summed E-state index contributed by atoms with van der Waals surface area (Å²) in [6, 6.07) is 0.923. The second kappa shape index (κ2) is 21.2. The summed E-state index contributed by atoms with van der Waals surface area (Å²) in [4.78, 5) is 2.87. The Morgan fingerprint density at radius 3 is 1.28 bits per heavy atom. The molecule has 1 fully saturated rings. The molecule has 0 amide bonds. The maximum absolute atomic E-state index is 2.87. The summed E-state index contributed by atoms with van der Waals surface area (Å²) >= 11 is 0. The molecule has 1 saturated carbocycles. The third kappa shape index (κ3) is 16.3. The maximum atomic E-state index is 2.87. The fourth-order valence-corrected chi connectivity index (χ4v) is 5.15. The largest absolute Gasteiger partial charge is 0.300 e. The molecule has 0 spiro atoms. The lowest BCUT2D eigenvalue weighted by Gasteiger charge is -2.34. The molecule has 0 unspecified atom stereocenters. The predicted octanol–water partition coefficient (Wildman–Crippen LogP) is 9.68. The lowest BCUT2D eigenvalue weighted by molar-refractivity contribution is 0.150. The molecule has 0 aromatic rings.